The van der Waals surface area contributed by atoms with Gasteiger partial charge < -0.3 is 26.0 Å². The number of carboxylic acids is 1. The van der Waals surface area contributed by atoms with Crippen LogP contribution < -0.4 is 11.1 Å². The number of carbonyl (C=O) groups is 2. The third-order valence-corrected chi connectivity index (χ3v) is 1.45. The van der Waals surface area contributed by atoms with Crippen LogP contribution >= 0.6 is 0 Å². The van der Waals surface area contributed by atoms with E-state index >= 15 is 0 Å². The van der Waals surface area contributed by atoms with Crippen LogP contribution in [0.5, 0.6) is 0 Å². The molecule has 14 heavy (non-hydrogen) atoms. The normalized spacial score (nSPS) is 14.4. The van der Waals surface area contributed by atoms with Crippen LogP contribution in [0.4, 0.5) is 4.79 Å². The van der Waals surface area contributed by atoms with Crippen molar-refractivity contribution in [2.24, 2.45) is 5.73 Å². The predicted molar refractivity (Wildman–Crippen MR) is 46.7 cm³/mol. The molecule has 1 unspecified atom stereocenters. The minimum absolute atomic E-state index is 0.0328. The Morgan fingerprint density at radius 1 is 1.57 bits per heavy atom. The van der Waals surface area contributed by atoms with Gasteiger partial charge in [0, 0.05) is 13.1 Å². The van der Waals surface area contributed by atoms with Gasteiger partial charge in [-0.05, 0) is 6.92 Å². The van der Waals surface area contributed by atoms with Gasteiger partial charge in [-0.3, -0.25) is 0 Å². The van der Waals surface area contributed by atoms with Crippen LogP contribution in [0.15, 0.2) is 0 Å². The lowest BCUT2D eigenvalue weighted by Gasteiger charge is -2.17. The summed E-state index contributed by atoms with van der Waals surface area (Å²) in [5.74, 6) is -1.32. The summed E-state index contributed by atoms with van der Waals surface area (Å²) in [6.07, 6.45) is -0.892. The third-order valence-electron chi connectivity index (χ3n) is 1.45. The van der Waals surface area contributed by atoms with Gasteiger partial charge in [0.1, 0.15) is 6.61 Å². The highest BCUT2D eigenvalue weighted by atomic mass is 16.5. The standard InChI is InChI=1S/C7H14N2O5/c1-7(13,5(10)11)4-9-2-3-14-6(8)12/h9,13H,2-4H2,1H3,(H2,8,12)(H,10,11). The van der Waals surface area contributed by atoms with Gasteiger partial charge in [-0.25, -0.2) is 9.59 Å². The van der Waals surface area contributed by atoms with Crippen molar-refractivity contribution < 1.29 is 24.5 Å². The quantitative estimate of drug-likeness (QED) is 0.392. The Hall–Kier alpha value is -1.34. The van der Waals surface area contributed by atoms with Crippen molar-refractivity contribution >= 4 is 12.1 Å². The number of nitrogens with two attached hydrogens (primary N) is 1. The number of carbonyl (C=O) groups excluding carboxylic acids is 1. The van der Waals surface area contributed by atoms with Crippen molar-refractivity contribution in [1.29, 1.82) is 0 Å². The summed E-state index contributed by atoms with van der Waals surface area (Å²) in [6, 6.07) is 0. The second-order valence-corrected chi connectivity index (χ2v) is 2.92. The summed E-state index contributed by atoms with van der Waals surface area (Å²) in [5.41, 5.74) is 2.85. The van der Waals surface area contributed by atoms with Gasteiger partial charge in [0.05, 0.1) is 0 Å². The number of aliphatic carboxylic acids is 1. The number of nitrogens with one attached hydrogen (secondary N) is 1. The van der Waals surface area contributed by atoms with Crippen LogP contribution in [0.25, 0.3) is 0 Å². The lowest BCUT2D eigenvalue weighted by atomic mass is 10.1. The molecule has 7 heteroatoms. The molecule has 0 bridgehead atoms. The first-order valence-corrected chi connectivity index (χ1v) is 3.95. The van der Waals surface area contributed by atoms with E-state index in [0.29, 0.717) is 0 Å². The number of amides is 1. The zero-order valence-electron chi connectivity index (χ0n) is 7.82. The van der Waals surface area contributed by atoms with Crippen molar-refractivity contribution in [3.05, 3.63) is 0 Å². The molecule has 0 aliphatic heterocycles. The molecular formula is C7H14N2O5. The average molecular weight is 206 g/mol. The highest BCUT2D eigenvalue weighted by molar-refractivity contribution is 5.76. The molecule has 0 aliphatic carbocycles. The van der Waals surface area contributed by atoms with Gasteiger partial charge in [0.2, 0.25) is 0 Å². The molecule has 0 heterocycles. The summed E-state index contributed by atoms with van der Waals surface area (Å²) in [5, 5.41) is 20.3. The highest BCUT2D eigenvalue weighted by Crippen LogP contribution is 1.99. The smallest absolute Gasteiger partial charge is 0.404 e. The van der Waals surface area contributed by atoms with E-state index in [1.54, 1.807) is 0 Å². The molecule has 0 aromatic rings. The lowest BCUT2D eigenvalue weighted by molar-refractivity contribution is -0.156. The second kappa shape index (κ2) is 5.40. The molecular weight excluding hydrogens is 192 g/mol. The Balaban J connectivity index is 3.54. The maximum absolute atomic E-state index is 10.4. The van der Waals surface area contributed by atoms with E-state index in [4.69, 9.17) is 5.11 Å². The molecule has 0 saturated heterocycles. The molecule has 0 aliphatic rings. The number of hydrogen-bond donors (Lipinski definition) is 4. The van der Waals surface area contributed by atoms with Crippen LogP contribution in [-0.4, -0.2) is 47.6 Å². The van der Waals surface area contributed by atoms with Crippen LogP contribution in [0.1, 0.15) is 6.92 Å². The second-order valence-electron chi connectivity index (χ2n) is 2.92. The fourth-order valence-corrected chi connectivity index (χ4v) is 0.631. The summed E-state index contributed by atoms with van der Waals surface area (Å²) < 4.78 is 4.36. The Kier molecular flexibility index (Phi) is 4.89. The van der Waals surface area contributed by atoms with E-state index in [-0.39, 0.29) is 19.7 Å². The number of carboxylic acid groups (broad SMARTS) is 1. The average Bonchev–Trinajstić information content (AvgIpc) is 2.02. The van der Waals surface area contributed by atoms with Gasteiger partial charge in [0.25, 0.3) is 0 Å². The molecule has 82 valence electrons. The fraction of sp³-hybridized carbons (Fsp3) is 0.714. The van der Waals surface area contributed by atoms with Crippen LogP contribution in [0.3, 0.4) is 0 Å². The van der Waals surface area contributed by atoms with Gasteiger partial charge in [0.15, 0.2) is 5.60 Å². The van der Waals surface area contributed by atoms with Gasteiger partial charge in [-0.1, -0.05) is 0 Å². The van der Waals surface area contributed by atoms with Crippen molar-refractivity contribution in [3.63, 3.8) is 0 Å². The molecule has 7 nitrogen and oxygen atoms in total. The maximum Gasteiger partial charge on any atom is 0.404 e. The zero-order valence-corrected chi connectivity index (χ0v) is 7.82. The summed E-state index contributed by atoms with van der Waals surface area (Å²) in [6.45, 7) is 1.29. The van der Waals surface area contributed by atoms with Gasteiger partial charge in [-0.15, -0.1) is 0 Å². The number of rotatable bonds is 6. The maximum atomic E-state index is 10.4. The summed E-state index contributed by atoms with van der Waals surface area (Å²) in [4.78, 5) is 20.5. The summed E-state index contributed by atoms with van der Waals surface area (Å²) in [7, 11) is 0. The van der Waals surface area contributed by atoms with E-state index in [1.807, 2.05) is 0 Å². The zero-order chi connectivity index (χ0) is 11.2. The van der Waals surface area contributed by atoms with Gasteiger partial charge in [-0.2, -0.15) is 0 Å². The van der Waals surface area contributed by atoms with Crippen molar-refractivity contribution in [1.82, 2.24) is 5.32 Å². The number of hydrogen-bond acceptors (Lipinski definition) is 5. The van der Waals surface area contributed by atoms with E-state index < -0.39 is 17.7 Å². The monoisotopic (exact) mass is 206 g/mol. The van der Waals surface area contributed by atoms with E-state index in [1.165, 1.54) is 0 Å². The highest BCUT2D eigenvalue weighted by Gasteiger charge is 2.28. The first-order valence-electron chi connectivity index (χ1n) is 3.95. The van der Waals surface area contributed by atoms with E-state index in [2.05, 4.69) is 15.8 Å². The van der Waals surface area contributed by atoms with E-state index in [0.717, 1.165) is 6.92 Å². The molecule has 5 N–H and O–H groups in total. The fourth-order valence-electron chi connectivity index (χ4n) is 0.631. The molecule has 0 radical (unpaired) electrons. The third kappa shape index (κ3) is 5.33. The molecule has 1 atom stereocenters. The Bertz CT molecular complexity index is 216. The van der Waals surface area contributed by atoms with Crippen LogP contribution in [-0.2, 0) is 9.53 Å². The molecule has 0 aromatic heterocycles. The predicted octanol–water partition coefficient (Wildman–Crippen LogP) is -1.49. The molecule has 0 saturated carbocycles. The summed E-state index contributed by atoms with van der Waals surface area (Å²) >= 11 is 0. The van der Waals surface area contributed by atoms with Crippen molar-refractivity contribution in [2.75, 3.05) is 19.7 Å². The molecule has 0 fully saturated rings. The number of aliphatic hydroxyl groups is 1. The largest absolute Gasteiger partial charge is 0.479 e. The van der Waals surface area contributed by atoms with Crippen molar-refractivity contribution in [3.8, 4) is 0 Å². The molecule has 0 aromatic carbocycles. The topological polar surface area (TPSA) is 122 Å². The van der Waals surface area contributed by atoms with Crippen LogP contribution in [0, 0.1) is 0 Å². The minimum atomic E-state index is -1.83. The number of primary amides is 1. The lowest BCUT2D eigenvalue weighted by Crippen LogP contribution is -2.45. The van der Waals surface area contributed by atoms with Crippen molar-refractivity contribution in [2.45, 2.75) is 12.5 Å². The first kappa shape index (κ1) is 12.7. The Morgan fingerprint density at radius 2 is 2.14 bits per heavy atom. The Labute approximate surface area is 80.8 Å². The SMILES string of the molecule is CC(O)(CNCCOC(N)=O)C(=O)O. The molecule has 0 spiro atoms. The van der Waals surface area contributed by atoms with E-state index in [9.17, 15) is 14.7 Å². The van der Waals surface area contributed by atoms with Crippen LogP contribution in [0.2, 0.25) is 0 Å². The first-order chi connectivity index (χ1) is 6.36. The molecule has 0 rings (SSSR count). The molecule has 1 amide bonds. The minimum Gasteiger partial charge on any atom is -0.479 e. The Morgan fingerprint density at radius 3 is 2.57 bits per heavy atom. The number of ether oxygens (including phenoxy) is 1. The van der Waals surface area contributed by atoms with Gasteiger partial charge >= 0.3 is 12.1 Å².